The van der Waals surface area contributed by atoms with Crippen molar-refractivity contribution in [3.05, 3.63) is 35.4 Å². The van der Waals surface area contributed by atoms with Crippen molar-refractivity contribution in [1.29, 1.82) is 0 Å². The molecule has 21 heavy (non-hydrogen) atoms. The Hall–Kier alpha value is -2.17. The highest BCUT2D eigenvalue weighted by molar-refractivity contribution is 6.21. The summed E-state index contributed by atoms with van der Waals surface area (Å²) in [5.74, 6) is -0.166. The molecule has 0 spiro atoms. The van der Waals surface area contributed by atoms with Crippen molar-refractivity contribution in [2.75, 3.05) is 0 Å². The number of nitrogens with zero attached hydrogens (tertiary/aromatic N) is 1. The molecule has 1 unspecified atom stereocenters. The molecule has 108 valence electrons. The van der Waals surface area contributed by atoms with Crippen LogP contribution in [0.1, 0.15) is 46.4 Å². The van der Waals surface area contributed by atoms with Crippen LogP contribution in [0.3, 0.4) is 0 Å². The van der Waals surface area contributed by atoms with E-state index in [1.165, 1.54) is 12.8 Å². The van der Waals surface area contributed by atoms with Gasteiger partial charge in [0.2, 0.25) is 5.91 Å². The monoisotopic (exact) mass is 284 g/mol. The number of fused-ring (bicyclic) bond motifs is 2. The van der Waals surface area contributed by atoms with E-state index in [2.05, 4.69) is 5.43 Å². The Balaban J connectivity index is 1.50. The molecule has 2 saturated carbocycles. The Morgan fingerprint density at radius 1 is 1.00 bits per heavy atom. The van der Waals surface area contributed by atoms with E-state index in [1.807, 2.05) is 0 Å². The van der Waals surface area contributed by atoms with Crippen molar-refractivity contribution in [1.82, 2.24) is 10.4 Å². The van der Waals surface area contributed by atoms with Crippen LogP contribution in [0.2, 0.25) is 0 Å². The highest BCUT2D eigenvalue weighted by atomic mass is 16.2. The van der Waals surface area contributed by atoms with E-state index in [-0.39, 0.29) is 11.8 Å². The molecular weight excluding hydrogens is 268 g/mol. The van der Waals surface area contributed by atoms with Crippen molar-refractivity contribution in [3.63, 3.8) is 0 Å². The summed E-state index contributed by atoms with van der Waals surface area (Å²) >= 11 is 0. The first-order valence-corrected chi connectivity index (χ1v) is 7.47. The topological polar surface area (TPSA) is 66.5 Å². The summed E-state index contributed by atoms with van der Waals surface area (Å²) in [6.45, 7) is 0. The standard InChI is InChI=1S/C16H16N2O3/c19-14(13-9-5-1-2-6-10(9)13)17-18-15(20)11-7-3-4-8-12(11)16(18)21/h3-4,7-10,13H,1-2,5-6H2,(H,17,19)/t9-,10+,13?. The molecule has 3 amide bonds. The normalized spacial score (nSPS) is 29.9. The van der Waals surface area contributed by atoms with Gasteiger partial charge in [0.15, 0.2) is 0 Å². The molecule has 3 atom stereocenters. The summed E-state index contributed by atoms with van der Waals surface area (Å²) in [6.07, 6.45) is 4.53. The van der Waals surface area contributed by atoms with Crippen LogP contribution in [-0.2, 0) is 4.79 Å². The zero-order valence-corrected chi connectivity index (χ0v) is 11.5. The number of hydrogen-bond acceptors (Lipinski definition) is 3. The van der Waals surface area contributed by atoms with Gasteiger partial charge in [0.05, 0.1) is 11.1 Å². The fraction of sp³-hybridized carbons (Fsp3) is 0.438. The highest BCUT2D eigenvalue weighted by Crippen LogP contribution is 2.55. The van der Waals surface area contributed by atoms with Gasteiger partial charge in [0.25, 0.3) is 11.8 Å². The lowest BCUT2D eigenvalue weighted by Gasteiger charge is -2.15. The average Bonchev–Trinajstić information content (AvgIpc) is 3.20. The molecule has 1 heterocycles. The van der Waals surface area contributed by atoms with Crippen molar-refractivity contribution in [3.8, 4) is 0 Å². The van der Waals surface area contributed by atoms with Crippen LogP contribution >= 0.6 is 0 Å². The second-order valence-corrected chi connectivity index (χ2v) is 6.11. The molecule has 1 aliphatic heterocycles. The molecule has 0 bridgehead atoms. The van der Waals surface area contributed by atoms with Gasteiger partial charge < -0.3 is 0 Å². The first-order chi connectivity index (χ1) is 10.2. The average molecular weight is 284 g/mol. The van der Waals surface area contributed by atoms with E-state index >= 15 is 0 Å². The number of carbonyl (C=O) groups is 3. The number of benzene rings is 1. The Morgan fingerprint density at radius 3 is 2.05 bits per heavy atom. The Kier molecular flexibility index (Phi) is 2.64. The molecule has 0 aromatic heterocycles. The lowest BCUT2D eigenvalue weighted by Crippen LogP contribution is -2.46. The SMILES string of the molecule is O=C(NN1C(=O)c2ccccc2C1=O)C1[C@H]2CCCC[C@@H]12. The molecule has 1 N–H and O–H groups in total. The lowest BCUT2D eigenvalue weighted by molar-refractivity contribution is -0.126. The molecule has 0 radical (unpaired) electrons. The van der Waals surface area contributed by atoms with Crippen LogP contribution in [0.25, 0.3) is 0 Å². The van der Waals surface area contributed by atoms with Gasteiger partial charge in [-0.25, -0.2) is 0 Å². The van der Waals surface area contributed by atoms with Gasteiger partial charge in [-0.1, -0.05) is 25.0 Å². The van der Waals surface area contributed by atoms with Crippen molar-refractivity contribution in [2.24, 2.45) is 17.8 Å². The molecule has 1 aromatic carbocycles. The number of imide groups is 1. The third kappa shape index (κ3) is 1.80. The molecule has 4 rings (SSSR count). The second-order valence-electron chi connectivity index (χ2n) is 6.11. The van der Waals surface area contributed by atoms with Crippen molar-refractivity contribution in [2.45, 2.75) is 25.7 Å². The summed E-state index contributed by atoms with van der Waals surface area (Å²) in [5, 5.41) is 0.872. The smallest absolute Gasteiger partial charge is 0.273 e. The number of hydrogen-bond donors (Lipinski definition) is 1. The van der Waals surface area contributed by atoms with E-state index < -0.39 is 11.8 Å². The maximum Gasteiger partial charge on any atom is 0.280 e. The Bertz CT molecular complexity index is 608. The van der Waals surface area contributed by atoms with Gasteiger partial charge in [0.1, 0.15) is 0 Å². The van der Waals surface area contributed by atoms with E-state index in [1.54, 1.807) is 24.3 Å². The number of nitrogens with one attached hydrogen (secondary N) is 1. The first kappa shape index (κ1) is 12.6. The van der Waals surface area contributed by atoms with Gasteiger partial charge in [0, 0.05) is 5.92 Å². The predicted octanol–water partition coefficient (Wildman–Crippen LogP) is 1.75. The fourth-order valence-corrected chi connectivity index (χ4v) is 3.86. The zero-order valence-electron chi connectivity index (χ0n) is 11.5. The van der Waals surface area contributed by atoms with Gasteiger partial charge in [-0.2, -0.15) is 5.01 Å². The van der Waals surface area contributed by atoms with Crippen LogP contribution < -0.4 is 5.43 Å². The molecule has 3 aliphatic rings. The predicted molar refractivity (Wildman–Crippen MR) is 74.0 cm³/mol. The van der Waals surface area contributed by atoms with Crippen molar-refractivity contribution < 1.29 is 14.4 Å². The van der Waals surface area contributed by atoms with Crippen LogP contribution in [0, 0.1) is 17.8 Å². The summed E-state index contributed by atoms with van der Waals surface area (Å²) in [7, 11) is 0. The Labute approximate surface area is 122 Å². The van der Waals surface area contributed by atoms with Gasteiger partial charge >= 0.3 is 0 Å². The summed E-state index contributed by atoms with van der Waals surface area (Å²) < 4.78 is 0. The van der Waals surface area contributed by atoms with E-state index in [9.17, 15) is 14.4 Å². The maximum atomic E-state index is 12.3. The number of rotatable bonds is 2. The summed E-state index contributed by atoms with van der Waals surface area (Å²) in [6, 6.07) is 6.65. The first-order valence-electron chi connectivity index (χ1n) is 7.47. The third-order valence-electron chi connectivity index (χ3n) is 4.98. The minimum absolute atomic E-state index is 0.0168. The fourth-order valence-electron chi connectivity index (χ4n) is 3.86. The van der Waals surface area contributed by atoms with E-state index in [4.69, 9.17) is 0 Å². The molecular formula is C16H16N2O3. The molecule has 0 saturated heterocycles. The van der Waals surface area contributed by atoms with Crippen molar-refractivity contribution >= 4 is 17.7 Å². The minimum Gasteiger partial charge on any atom is -0.273 e. The number of hydrazine groups is 1. The zero-order chi connectivity index (χ0) is 14.6. The largest absolute Gasteiger partial charge is 0.280 e. The third-order valence-corrected chi connectivity index (χ3v) is 4.98. The molecule has 5 nitrogen and oxygen atoms in total. The van der Waals surface area contributed by atoms with Crippen LogP contribution in [0.5, 0.6) is 0 Å². The molecule has 2 aliphatic carbocycles. The summed E-state index contributed by atoms with van der Waals surface area (Å²) in [4.78, 5) is 36.7. The van der Waals surface area contributed by atoms with Gasteiger partial charge in [-0.15, -0.1) is 0 Å². The molecule has 2 fully saturated rings. The number of amides is 3. The van der Waals surface area contributed by atoms with Gasteiger partial charge in [-0.05, 0) is 36.8 Å². The molecule has 1 aromatic rings. The quantitative estimate of drug-likeness (QED) is 0.841. The lowest BCUT2D eigenvalue weighted by atomic mass is 10.0. The van der Waals surface area contributed by atoms with Gasteiger partial charge in [-0.3, -0.25) is 19.8 Å². The van der Waals surface area contributed by atoms with Crippen LogP contribution in [0.15, 0.2) is 24.3 Å². The second kappa shape index (κ2) is 4.41. The maximum absolute atomic E-state index is 12.3. The van der Waals surface area contributed by atoms with E-state index in [0.29, 0.717) is 23.0 Å². The van der Waals surface area contributed by atoms with Crippen LogP contribution in [0.4, 0.5) is 0 Å². The highest BCUT2D eigenvalue weighted by Gasteiger charge is 2.55. The van der Waals surface area contributed by atoms with E-state index in [0.717, 1.165) is 17.9 Å². The van der Waals surface area contributed by atoms with Crippen LogP contribution in [-0.4, -0.2) is 22.7 Å². The minimum atomic E-state index is -0.437. The molecule has 5 heteroatoms. The Morgan fingerprint density at radius 2 is 1.52 bits per heavy atom. The summed E-state index contributed by atoms with van der Waals surface area (Å²) in [5.41, 5.74) is 3.25. The number of carbonyl (C=O) groups excluding carboxylic acids is 3.